The third-order valence-electron chi connectivity index (χ3n) is 3.86. The molecule has 0 aromatic heterocycles. The van der Waals surface area contributed by atoms with Crippen molar-refractivity contribution in [1.29, 1.82) is 0 Å². The number of carbonyl (C=O) groups is 1. The fraction of sp³-hybridized carbons (Fsp3) is 0.421. The molecule has 0 radical (unpaired) electrons. The number of anilines is 3. The lowest BCUT2D eigenvalue weighted by molar-refractivity contribution is -0.146. The van der Waals surface area contributed by atoms with Gasteiger partial charge in [-0.3, -0.25) is 4.79 Å². The number of thioether (sulfide) groups is 1. The van der Waals surface area contributed by atoms with E-state index in [1.807, 2.05) is 18.2 Å². The van der Waals surface area contributed by atoms with E-state index >= 15 is 0 Å². The smallest absolute Gasteiger partial charge is 0.309 e. The summed E-state index contributed by atoms with van der Waals surface area (Å²) in [6.45, 7) is 9.90. The van der Waals surface area contributed by atoms with Crippen LogP contribution in [-0.2, 0) is 9.53 Å². The van der Waals surface area contributed by atoms with Crippen molar-refractivity contribution in [3.63, 3.8) is 0 Å². The predicted molar refractivity (Wildman–Crippen MR) is 114 cm³/mol. The van der Waals surface area contributed by atoms with Gasteiger partial charge in [0.1, 0.15) is 12.4 Å². The van der Waals surface area contributed by atoms with Crippen LogP contribution in [0.15, 0.2) is 43.0 Å². The second-order valence-corrected chi connectivity index (χ2v) is 7.54. The zero-order valence-electron chi connectivity index (χ0n) is 16.0. The first-order valence-corrected chi connectivity index (χ1v) is 10.1. The number of rotatable bonds is 12. The van der Waals surface area contributed by atoms with Crippen LogP contribution in [0.2, 0.25) is 0 Å². The first-order valence-electron chi connectivity index (χ1n) is 8.99. The first-order chi connectivity index (χ1) is 13.4. The molecule has 9 heteroatoms. The van der Waals surface area contributed by atoms with Crippen molar-refractivity contribution >= 4 is 34.8 Å². The quantitative estimate of drug-likeness (QED) is 0.227. The van der Waals surface area contributed by atoms with Gasteiger partial charge in [-0.1, -0.05) is 20.1 Å². The zero-order valence-corrected chi connectivity index (χ0v) is 16.8. The Morgan fingerprint density at radius 3 is 2.82 bits per heavy atom. The normalized spacial score (nSPS) is 14.3. The second-order valence-electron chi connectivity index (χ2n) is 6.46. The van der Waals surface area contributed by atoms with Crippen LogP contribution >= 0.6 is 11.8 Å². The lowest BCUT2D eigenvalue weighted by Crippen LogP contribution is -2.26. The fourth-order valence-corrected chi connectivity index (χ4v) is 3.41. The minimum Gasteiger partial charge on any atom is -0.464 e. The molecule has 8 nitrogen and oxygen atoms in total. The van der Waals surface area contributed by atoms with E-state index in [0.717, 1.165) is 22.9 Å². The average Bonchev–Trinajstić information content (AvgIpc) is 3.03. The van der Waals surface area contributed by atoms with Crippen LogP contribution in [0.3, 0.4) is 0 Å². The van der Waals surface area contributed by atoms with Crippen LogP contribution in [0.5, 0.6) is 0 Å². The summed E-state index contributed by atoms with van der Waals surface area (Å²) in [4.78, 5) is 11.9. The van der Waals surface area contributed by atoms with Gasteiger partial charge in [-0.25, -0.2) is 0 Å². The van der Waals surface area contributed by atoms with Crippen molar-refractivity contribution in [2.24, 2.45) is 5.92 Å². The van der Waals surface area contributed by atoms with Crippen molar-refractivity contribution in [2.45, 2.75) is 13.0 Å². The van der Waals surface area contributed by atoms with Crippen molar-refractivity contribution in [3.05, 3.63) is 43.0 Å². The molecule has 0 saturated carbocycles. The summed E-state index contributed by atoms with van der Waals surface area (Å²) in [7, 11) is 0. The highest BCUT2D eigenvalue weighted by Crippen LogP contribution is 2.32. The Morgan fingerprint density at radius 1 is 1.32 bits per heavy atom. The Kier molecular flexibility index (Phi) is 8.49. The first kappa shape index (κ1) is 21.9. The number of nitrogens with one attached hydrogen (secondary N) is 4. The fourth-order valence-electron chi connectivity index (χ4n) is 2.41. The number of esters is 1. The van der Waals surface area contributed by atoms with Crippen LogP contribution in [0, 0.1) is 5.92 Å². The molecule has 1 aromatic carbocycles. The molecular weight excluding hydrogens is 380 g/mol. The van der Waals surface area contributed by atoms with Gasteiger partial charge in [-0.15, -0.1) is 0 Å². The van der Waals surface area contributed by atoms with Crippen molar-refractivity contribution < 1.29 is 19.7 Å². The van der Waals surface area contributed by atoms with Crippen molar-refractivity contribution in [3.8, 4) is 0 Å². The minimum atomic E-state index is -0.757. The zero-order chi connectivity index (χ0) is 20.5. The molecule has 1 aromatic rings. The largest absolute Gasteiger partial charge is 0.464 e. The highest BCUT2D eigenvalue weighted by Gasteiger charge is 2.15. The van der Waals surface area contributed by atoms with Crippen LogP contribution in [0.1, 0.15) is 6.92 Å². The van der Waals surface area contributed by atoms with Crippen molar-refractivity contribution in [1.82, 2.24) is 5.32 Å². The second kappa shape index (κ2) is 10.8. The summed E-state index contributed by atoms with van der Waals surface area (Å²) in [5, 5.41) is 30.5. The molecule has 0 amide bonds. The molecular formula is C19H28N4O4S. The standard InChI is InChI=1S/C19H28N4O4S/c1-12(10-28-11-16(25)9-24)19(26)27-7-6-20-13(2)21-15-4-5-17-18(8-15)23-14(3)22-17/h4-5,8,12,16,20-25H,2-3,6-7,9-11H2,1H3. The monoisotopic (exact) mass is 408 g/mol. The van der Waals surface area contributed by atoms with Gasteiger partial charge < -0.3 is 36.2 Å². The van der Waals surface area contributed by atoms with E-state index in [0.29, 0.717) is 23.9 Å². The van der Waals surface area contributed by atoms with E-state index < -0.39 is 6.10 Å². The van der Waals surface area contributed by atoms with E-state index in [-0.39, 0.29) is 25.1 Å². The number of carbonyl (C=O) groups excluding carboxylic acids is 1. The van der Waals surface area contributed by atoms with Crippen LogP contribution in [0.25, 0.3) is 0 Å². The molecule has 0 saturated heterocycles. The lowest BCUT2D eigenvalue weighted by Gasteiger charge is -2.15. The molecule has 2 atom stereocenters. The van der Waals surface area contributed by atoms with Crippen molar-refractivity contribution in [2.75, 3.05) is 47.2 Å². The Hall–Kier alpha value is -2.36. The predicted octanol–water partition coefficient (Wildman–Crippen LogP) is 1.73. The lowest BCUT2D eigenvalue weighted by atomic mass is 10.2. The third kappa shape index (κ3) is 6.99. The van der Waals surface area contributed by atoms with Crippen LogP contribution < -0.4 is 21.3 Å². The molecule has 1 heterocycles. The van der Waals surface area contributed by atoms with Gasteiger partial charge in [0.25, 0.3) is 0 Å². The molecule has 28 heavy (non-hydrogen) atoms. The average molecular weight is 409 g/mol. The molecule has 0 fully saturated rings. The molecule has 0 aliphatic carbocycles. The van der Waals surface area contributed by atoms with Gasteiger partial charge in [-0.05, 0) is 18.2 Å². The highest BCUT2D eigenvalue weighted by atomic mass is 32.2. The summed E-state index contributed by atoms with van der Waals surface area (Å²) in [5.41, 5.74) is 2.78. The number of hydrogen-bond donors (Lipinski definition) is 6. The summed E-state index contributed by atoms with van der Waals surface area (Å²) in [6.07, 6.45) is -0.757. The number of aliphatic hydroxyl groups is 2. The van der Waals surface area contributed by atoms with E-state index in [2.05, 4.69) is 34.4 Å². The van der Waals surface area contributed by atoms with Gasteiger partial charge in [-0.2, -0.15) is 11.8 Å². The maximum atomic E-state index is 11.9. The molecule has 1 aliphatic heterocycles. The van der Waals surface area contributed by atoms with E-state index in [9.17, 15) is 9.90 Å². The van der Waals surface area contributed by atoms with Crippen LogP contribution in [0.4, 0.5) is 17.1 Å². The summed E-state index contributed by atoms with van der Waals surface area (Å²) >= 11 is 1.41. The van der Waals surface area contributed by atoms with Gasteiger partial charge in [0.2, 0.25) is 0 Å². The van der Waals surface area contributed by atoms with Gasteiger partial charge in [0, 0.05) is 17.2 Å². The van der Waals surface area contributed by atoms with E-state index in [4.69, 9.17) is 9.84 Å². The maximum absolute atomic E-state index is 11.9. The Morgan fingerprint density at radius 2 is 2.07 bits per heavy atom. The maximum Gasteiger partial charge on any atom is 0.309 e. The molecule has 154 valence electrons. The number of hydrogen-bond acceptors (Lipinski definition) is 9. The van der Waals surface area contributed by atoms with E-state index in [1.165, 1.54) is 11.8 Å². The SMILES string of the molecule is C=C(NCCOC(=O)C(C)CSCC(O)CO)Nc1ccc2c(c1)NC(=C)N2. The molecule has 2 rings (SSSR count). The summed E-state index contributed by atoms with van der Waals surface area (Å²) in [5.74, 6) is 1.70. The van der Waals surface area contributed by atoms with Gasteiger partial charge in [0.05, 0.1) is 42.4 Å². The molecule has 2 unspecified atom stereocenters. The number of benzene rings is 1. The summed E-state index contributed by atoms with van der Waals surface area (Å²) in [6, 6.07) is 5.81. The molecule has 0 spiro atoms. The van der Waals surface area contributed by atoms with Crippen LogP contribution in [-0.4, -0.2) is 53.6 Å². The number of ether oxygens (including phenoxy) is 1. The highest BCUT2D eigenvalue weighted by molar-refractivity contribution is 7.99. The third-order valence-corrected chi connectivity index (χ3v) is 5.22. The molecule has 0 bridgehead atoms. The molecule has 1 aliphatic rings. The van der Waals surface area contributed by atoms with Gasteiger partial charge >= 0.3 is 5.97 Å². The Bertz CT molecular complexity index is 713. The number of fused-ring (bicyclic) bond motifs is 1. The Balaban J connectivity index is 1.61. The van der Waals surface area contributed by atoms with E-state index in [1.54, 1.807) is 6.92 Å². The van der Waals surface area contributed by atoms with Gasteiger partial charge in [0.15, 0.2) is 0 Å². The minimum absolute atomic E-state index is 0.225. The molecule has 6 N–H and O–H groups in total. The Labute approximate surface area is 169 Å². The topological polar surface area (TPSA) is 115 Å². The number of aliphatic hydroxyl groups excluding tert-OH is 2. The summed E-state index contributed by atoms with van der Waals surface area (Å²) < 4.78 is 5.24.